The van der Waals surface area contributed by atoms with Crippen LogP contribution in [0.5, 0.6) is 17.2 Å². The first kappa shape index (κ1) is 25.1. The zero-order valence-corrected chi connectivity index (χ0v) is 19.3. The molecule has 7 heteroatoms. The SMILES string of the molecule is CCCCCCCC(=O)c1cc(OC)c(OC)c(OC)c1C(SC)C(=O)OCC. The number of carbonyl (C=O) groups is 2. The van der Waals surface area contributed by atoms with Crippen LogP contribution < -0.4 is 14.2 Å². The van der Waals surface area contributed by atoms with Gasteiger partial charge in [-0.3, -0.25) is 9.59 Å². The van der Waals surface area contributed by atoms with Crippen LogP contribution in [0.25, 0.3) is 0 Å². The molecule has 0 aliphatic rings. The minimum atomic E-state index is -0.705. The topological polar surface area (TPSA) is 71.1 Å². The third-order valence-electron chi connectivity index (χ3n) is 4.67. The summed E-state index contributed by atoms with van der Waals surface area (Å²) in [6.45, 7) is 4.17. The second kappa shape index (κ2) is 13.4. The van der Waals surface area contributed by atoms with Crippen LogP contribution in [0, 0.1) is 0 Å². The number of esters is 1. The minimum absolute atomic E-state index is 0.0425. The molecule has 0 spiro atoms. The van der Waals surface area contributed by atoms with Crippen molar-refractivity contribution in [2.45, 2.75) is 57.6 Å². The van der Waals surface area contributed by atoms with E-state index < -0.39 is 11.2 Å². The molecular weight excluding hydrogens is 392 g/mol. The smallest absolute Gasteiger partial charge is 0.323 e. The van der Waals surface area contributed by atoms with Gasteiger partial charge in [0.15, 0.2) is 17.3 Å². The Morgan fingerprint density at radius 2 is 1.62 bits per heavy atom. The summed E-state index contributed by atoms with van der Waals surface area (Å²) in [6, 6.07) is 1.65. The molecule has 6 nitrogen and oxygen atoms in total. The highest BCUT2D eigenvalue weighted by atomic mass is 32.2. The quantitative estimate of drug-likeness (QED) is 0.229. The van der Waals surface area contributed by atoms with Gasteiger partial charge in [0.1, 0.15) is 5.25 Å². The number of methoxy groups -OCH3 is 3. The fourth-order valence-electron chi connectivity index (χ4n) is 3.24. The summed E-state index contributed by atoms with van der Waals surface area (Å²) in [4.78, 5) is 25.7. The number of carbonyl (C=O) groups excluding carboxylic acids is 2. The number of hydrogen-bond acceptors (Lipinski definition) is 7. The van der Waals surface area contributed by atoms with Gasteiger partial charge in [-0.05, 0) is 25.7 Å². The zero-order chi connectivity index (χ0) is 21.8. The third kappa shape index (κ3) is 6.56. The van der Waals surface area contributed by atoms with E-state index in [-0.39, 0.29) is 12.4 Å². The van der Waals surface area contributed by atoms with E-state index in [1.54, 1.807) is 19.2 Å². The van der Waals surface area contributed by atoms with Crippen LogP contribution in [0.4, 0.5) is 0 Å². The lowest BCUT2D eigenvalue weighted by molar-refractivity contribution is -0.142. The van der Waals surface area contributed by atoms with E-state index in [0.717, 1.165) is 25.7 Å². The number of thioether (sulfide) groups is 1. The molecule has 1 aromatic rings. The fourth-order valence-corrected chi connectivity index (χ4v) is 3.97. The van der Waals surface area contributed by atoms with E-state index in [2.05, 4.69) is 6.92 Å². The molecule has 0 saturated carbocycles. The lowest BCUT2D eigenvalue weighted by Crippen LogP contribution is -2.18. The Balaban J connectivity index is 3.43. The van der Waals surface area contributed by atoms with Crippen molar-refractivity contribution in [3.63, 3.8) is 0 Å². The van der Waals surface area contributed by atoms with Crippen LogP contribution in [0.1, 0.15) is 73.5 Å². The Morgan fingerprint density at radius 1 is 0.966 bits per heavy atom. The van der Waals surface area contributed by atoms with E-state index in [4.69, 9.17) is 18.9 Å². The number of unbranched alkanes of at least 4 members (excludes halogenated alkanes) is 4. The monoisotopic (exact) mass is 426 g/mol. The van der Waals surface area contributed by atoms with Crippen molar-refractivity contribution in [2.75, 3.05) is 34.2 Å². The summed E-state index contributed by atoms with van der Waals surface area (Å²) in [5.74, 6) is 0.620. The molecule has 0 bridgehead atoms. The summed E-state index contributed by atoms with van der Waals surface area (Å²) in [5, 5.41) is -0.705. The van der Waals surface area contributed by atoms with Crippen LogP contribution in [0.3, 0.4) is 0 Å². The van der Waals surface area contributed by atoms with Gasteiger partial charge in [0, 0.05) is 17.5 Å². The predicted octanol–water partition coefficient (Wildman–Crippen LogP) is 5.22. The van der Waals surface area contributed by atoms with Crippen molar-refractivity contribution in [1.29, 1.82) is 0 Å². The van der Waals surface area contributed by atoms with Gasteiger partial charge in [0.2, 0.25) is 5.75 Å². The van der Waals surface area contributed by atoms with E-state index in [9.17, 15) is 9.59 Å². The van der Waals surface area contributed by atoms with Gasteiger partial charge in [0.25, 0.3) is 0 Å². The van der Waals surface area contributed by atoms with Crippen LogP contribution in [-0.2, 0) is 9.53 Å². The molecule has 1 rings (SSSR count). The highest BCUT2D eigenvalue weighted by Crippen LogP contribution is 2.48. The molecule has 0 saturated heterocycles. The Morgan fingerprint density at radius 3 is 2.14 bits per heavy atom. The first-order valence-corrected chi connectivity index (χ1v) is 11.3. The number of ketones is 1. The Bertz CT molecular complexity index is 674. The zero-order valence-electron chi connectivity index (χ0n) is 18.5. The second-order valence-corrected chi connectivity index (χ2v) is 7.50. The highest BCUT2D eigenvalue weighted by molar-refractivity contribution is 7.99. The molecule has 1 unspecified atom stereocenters. The standard InChI is InChI=1S/C22H34O6S/c1-7-9-10-11-12-13-16(23)15-14-17(25-3)19(26-4)20(27-5)18(15)21(29-6)22(24)28-8-2/h14,21H,7-13H2,1-6H3. The largest absolute Gasteiger partial charge is 0.493 e. The van der Waals surface area contributed by atoms with Crippen molar-refractivity contribution < 1.29 is 28.5 Å². The van der Waals surface area contributed by atoms with Gasteiger partial charge < -0.3 is 18.9 Å². The van der Waals surface area contributed by atoms with Gasteiger partial charge in [-0.25, -0.2) is 0 Å². The second-order valence-electron chi connectivity index (χ2n) is 6.56. The molecule has 0 N–H and O–H groups in total. The molecule has 29 heavy (non-hydrogen) atoms. The van der Waals surface area contributed by atoms with Gasteiger partial charge in [0.05, 0.1) is 27.9 Å². The minimum Gasteiger partial charge on any atom is -0.493 e. The Labute approximate surface area is 178 Å². The van der Waals surface area contributed by atoms with Crippen molar-refractivity contribution in [3.8, 4) is 17.2 Å². The summed E-state index contributed by atoms with van der Waals surface area (Å²) < 4.78 is 21.7. The molecule has 0 aliphatic heterocycles. The summed E-state index contributed by atoms with van der Waals surface area (Å²) >= 11 is 1.30. The summed E-state index contributed by atoms with van der Waals surface area (Å²) in [5.41, 5.74) is 0.900. The van der Waals surface area contributed by atoms with Crippen molar-refractivity contribution in [1.82, 2.24) is 0 Å². The van der Waals surface area contributed by atoms with Gasteiger partial charge in [-0.15, -0.1) is 11.8 Å². The highest BCUT2D eigenvalue weighted by Gasteiger charge is 2.33. The van der Waals surface area contributed by atoms with E-state index in [1.165, 1.54) is 39.5 Å². The molecular formula is C22H34O6S. The maximum Gasteiger partial charge on any atom is 0.323 e. The Hall–Kier alpha value is -1.89. The number of Topliss-reactive ketones (excluding diaryl/α,β-unsaturated/α-hetero) is 1. The van der Waals surface area contributed by atoms with E-state index >= 15 is 0 Å². The molecule has 1 atom stereocenters. The first-order valence-electron chi connectivity index (χ1n) is 10.1. The lowest BCUT2D eigenvalue weighted by atomic mass is 9.95. The maximum absolute atomic E-state index is 13.1. The van der Waals surface area contributed by atoms with Gasteiger partial charge in [-0.1, -0.05) is 32.6 Å². The number of benzene rings is 1. The summed E-state index contributed by atoms with van der Waals surface area (Å²) in [6.07, 6.45) is 7.45. The number of hydrogen-bond donors (Lipinski definition) is 0. The molecule has 164 valence electrons. The fraction of sp³-hybridized carbons (Fsp3) is 0.636. The van der Waals surface area contributed by atoms with Gasteiger partial charge >= 0.3 is 5.97 Å². The summed E-state index contributed by atoms with van der Waals surface area (Å²) in [7, 11) is 4.49. The molecule has 0 fully saturated rings. The molecule has 0 radical (unpaired) electrons. The van der Waals surface area contributed by atoms with Gasteiger partial charge in [-0.2, -0.15) is 0 Å². The van der Waals surface area contributed by atoms with E-state index in [0.29, 0.717) is 34.8 Å². The number of rotatable bonds is 14. The van der Waals surface area contributed by atoms with Crippen molar-refractivity contribution in [3.05, 3.63) is 17.2 Å². The van der Waals surface area contributed by atoms with Crippen LogP contribution in [-0.4, -0.2) is 45.9 Å². The molecule has 0 aromatic heterocycles. The maximum atomic E-state index is 13.1. The third-order valence-corrected chi connectivity index (χ3v) is 5.57. The molecule has 0 aliphatic carbocycles. The molecule has 0 heterocycles. The van der Waals surface area contributed by atoms with Crippen LogP contribution >= 0.6 is 11.8 Å². The molecule has 1 aromatic carbocycles. The number of ether oxygens (including phenoxy) is 4. The van der Waals surface area contributed by atoms with E-state index in [1.807, 2.05) is 0 Å². The van der Waals surface area contributed by atoms with Crippen LogP contribution in [0.15, 0.2) is 6.07 Å². The average molecular weight is 427 g/mol. The van der Waals surface area contributed by atoms with Crippen molar-refractivity contribution >= 4 is 23.5 Å². The molecule has 0 amide bonds. The average Bonchev–Trinajstić information content (AvgIpc) is 2.73. The Kier molecular flexibility index (Phi) is 11.6. The van der Waals surface area contributed by atoms with Crippen molar-refractivity contribution in [2.24, 2.45) is 0 Å². The first-order chi connectivity index (χ1) is 14.0. The lowest BCUT2D eigenvalue weighted by Gasteiger charge is -2.23. The normalized spacial score (nSPS) is 11.7. The predicted molar refractivity (Wildman–Crippen MR) is 117 cm³/mol. The van der Waals surface area contributed by atoms with Crippen LogP contribution in [0.2, 0.25) is 0 Å².